The maximum absolute atomic E-state index is 13.4. The minimum atomic E-state index is -0.496. The molecule has 28 heavy (non-hydrogen) atoms. The Bertz CT molecular complexity index is 967. The lowest BCUT2D eigenvalue weighted by Crippen LogP contribution is -2.43. The van der Waals surface area contributed by atoms with E-state index in [2.05, 4.69) is 10.3 Å². The predicted molar refractivity (Wildman–Crippen MR) is 114 cm³/mol. The molecule has 1 saturated carbocycles. The number of nitrogens with one attached hydrogen (secondary N) is 1. The van der Waals surface area contributed by atoms with Gasteiger partial charge in [0.1, 0.15) is 5.01 Å². The van der Waals surface area contributed by atoms with Gasteiger partial charge in [0.25, 0.3) is 0 Å². The Morgan fingerprint density at radius 1 is 1.21 bits per heavy atom. The van der Waals surface area contributed by atoms with E-state index in [1.807, 2.05) is 48.7 Å². The second-order valence-electron chi connectivity index (χ2n) is 7.30. The van der Waals surface area contributed by atoms with Crippen LogP contribution in [0.25, 0.3) is 11.3 Å². The maximum atomic E-state index is 13.4. The van der Waals surface area contributed by atoms with Crippen molar-refractivity contribution in [3.8, 4) is 11.3 Å². The Kier molecular flexibility index (Phi) is 5.47. The van der Waals surface area contributed by atoms with Crippen molar-refractivity contribution in [2.24, 2.45) is 0 Å². The smallest absolute Gasteiger partial charge is 0.231 e. The van der Waals surface area contributed by atoms with E-state index in [0.29, 0.717) is 5.02 Å². The molecular weight excluding hydrogens is 390 g/mol. The first kappa shape index (κ1) is 19.1. The molecule has 4 nitrogen and oxygen atoms in total. The fourth-order valence-electron chi connectivity index (χ4n) is 3.95. The van der Waals surface area contributed by atoms with Crippen LogP contribution in [-0.2, 0) is 10.2 Å². The van der Waals surface area contributed by atoms with Crippen LogP contribution in [0.5, 0.6) is 0 Å². The molecule has 1 aliphatic carbocycles. The molecule has 2 aromatic heterocycles. The number of pyridine rings is 1. The molecule has 144 valence electrons. The molecule has 0 aliphatic heterocycles. The Labute approximate surface area is 174 Å². The van der Waals surface area contributed by atoms with Crippen LogP contribution in [-0.4, -0.2) is 15.9 Å². The topological polar surface area (TPSA) is 54.9 Å². The lowest BCUT2D eigenvalue weighted by atomic mass is 9.78. The number of rotatable bonds is 5. The SMILES string of the molecule is CC(NC(=O)C1(c2cccc(Cl)c2)CCCC1)c1nc(-c2ccncc2)cs1. The zero-order chi connectivity index (χ0) is 19.6. The summed E-state index contributed by atoms with van der Waals surface area (Å²) in [4.78, 5) is 22.1. The zero-order valence-electron chi connectivity index (χ0n) is 15.7. The number of carbonyl (C=O) groups is 1. The first-order valence-corrected chi connectivity index (χ1v) is 10.8. The maximum Gasteiger partial charge on any atom is 0.231 e. The second-order valence-corrected chi connectivity index (χ2v) is 8.63. The van der Waals surface area contributed by atoms with Gasteiger partial charge in [-0.25, -0.2) is 4.98 Å². The van der Waals surface area contributed by atoms with Gasteiger partial charge < -0.3 is 5.32 Å². The Hall–Kier alpha value is -2.24. The number of hydrogen-bond acceptors (Lipinski definition) is 4. The molecule has 0 spiro atoms. The van der Waals surface area contributed by atoms with Crippen LogP contribution in [0.3, 0.4) is 0 Å². The van der Waals surface area contributed by atoms with Crippen LogP contribution in [0.15, 0.2) is 54.2 Å². The number of aromatic nitrogens is 2. The average molecular weight is 412 g/mol. The number of thiazole rings is 1. The molecule has 4 rings (SSSR count). The molecule has 0 radical (unpaired) electrons. The molecule has 1 unspecified atom stereocenters. The Balaban J connectivity index is 1.54. The van der Waals surface area contributed by atoms with Crippen LogP contribution in [0, 0.1) is 0 Å². The highest BCUT2D eigenvalue weighted by Crippen LogP contribution is 2.42. The fraction of sp³-hybridized carbons (Fsp3) is 0.318. The number of nitrogens with zero attached hydrogens (tertiary/aromatic N) is 2. The van der Waals surface area contributed by atoms with E-state index in [4.69, 9.17) is 16.6 Å². The minimum absolute atomic E-state index is 0.0698. The third kappa shape index (κ3) is 3.69. The summed E-state index contributed by atoms with van der Waals surface area (Å²) in [6, 6.07) is 11.5. The second kappa shape index (κ2) is 8.02. The molecule has 1 N–H and O–H groups in total. The van der Waals surface area contributed by atoms with Crippen molar-refractivity contribution in [1.29, 1.82) is 0 Å². The van der Waals surface area contributed by atoms with E-state index in [1.165, 1.54) is 0 Å². The van der Waals surface area contributed by atoms with E-state index >= 15 is 0 Å². The van der Waals surface area contributed by atoms with Crippen LogP contribution < -0.4 is 5.32 Å². The summed E-state index contributed by atoms with van der Waals surface area (Å²) >= 11 is 7.77. The van der Waals surface area contributed by atoms with Crippen molar-refractivity contribution < 1.29 is 4.79 Å². The van der Waals surface area contributed by atoms with Gasteiger partial charge in [-0.3, -0.25) is 9.78 Å². The van der Waals surface area contributed by atoms with E-state index in [9.17, 15) is 4.79 Å². The molecule has 1 aromatic carbocycles. The van der Waals surface area contributed by atoms with Crippen LogP contribution in [0.4, 0.5) is 0 Å². The molecule has 6 heteroatoms. The molecule has 0 bridgehead atoms. The molecule has 2 heterocycles. The molecule has 1 atom stereocenters. The molecule has 1 amide bonds. The van der Waals surface area contributed by atoms with E-state index < -0.39 is 5.41 Å². The van der Waals surface area contributed by atoms with Gasteiger partial charge in [0.15, 0.2) is 0 Å². The summed E-state index contributed by atoms with van der Waals surface area (Å²) in [6.45, 7) is 1.99. The van der Waals surface area contributed by atoms with Crippen molar-refractivity contribution in [3.05, 3.63) is 69.8 Å². The van der Waals surface area contributed by atoms with E-state index in [1.54, 1.807) is 23.7 Å². The van der Waals surface area contributed by atoms with Gasteiger partial charge >= 0.3 is 0 Å². The molecule has 1 fully saturated rings. The highest BCUT2D eigenvalue weighted by Gasteiger charge is 2.43. The van der Waals surface area contributed by atoms with Gasteiger partial charge in [-0.1, -0.05) is 36.6 Å². The van der Waals surface area contributed by atoms with Crippen LogP contribution in [0.2, 0.25) is 5.02 Å². The highest BCUT2D eigenvalue weighted by molar-refractivity contribution is 7.10. The van der Waals surface area contributed by atoms with Gasteiger partial charge in [-0.05, 0) is 49.6 Å². The fourth-order valence-corrected chi connectivity index (χ4v) is 4.98. The van der Waals surface area contributed by atoms with Crippen molar-refractivity contribution >= 4 is 28.8 Å². The zero-order valence-corrected chi connectivity index (χ0v) is 17.3. The number of halogens is 1. The van der Waals surface area contributed by atoms with Crippen molar-refractivity contribution in [1.82, 2.24) is 15.3 Å². The third-order valence-corrected chi connectivity index (χ3v) is 6.75. The summed E-state index contributed by atoms with van der Waals surface area (Å²) in [7, 11) is 0. The summed E-state index contributed by atoms with van der Waals surface area (Å²) in [6.07, 6.45) is 7.33. The largest absolute Gasteiger partial charge is 0.346 e. The lowest BCUT2D eigenvalue weighted by molar-refractivity contribution is -0.127. The van der Waals surface area contributed by atoms with Crippen LogP contribution in [0.1, 0.15) is 49.2 Å². The third-order valence-electron chi connectivity index (χ3n) is 5.49. The molecule has 1 aliphatic rings. The lowest BCUT2D eigenvalue weighted by Gasteiger charge is -2.30. The van der Waals surface area contributed by atoms with Gasteiger partial charge in [0, 0.05) is 28.4 Å². The first-order valence-electron chi connectivity index (χ1n) is 9.51. The molecule has 0 saturated heterocycles. The van der Waals surface area contributed by atoms with Crippen molar-refractivity contribution in [2.75, 3.05) is 0 Å². The van der Waals surface area contributed by atoms with E-state index in [-0.39, 0.29) is 11.9 Å². The average Bonchev–Trinajstić information content (AvgIpc) is 3.39. The minimum Gasteiger partial charge on any atom is -0.346 e. The first-order chi connectivity index (χ1) is 13.6. The van der Waals surface area contributed by atoms with Gasteiger partial charge in [-0.2, -0.15) is 0 Å². The number of hydrogen-bond donors (Lipinski definition) is 1. The summed E-state index contributed by atoms with van der Waals surface area (Å²) in [5, 5.41) is 6.81. The van der Waals surface area contributed by atoms with Crippen molar-refractivity contribution in [3.63, 3.8) is 0 Å². The Morgan fingerprint density at radius 2 is 1.96 bits per heavy atom. The molecule has 3 aromatic rings. The highest BCUT2D eigenvalue weighted by atomic mass is 35.5. The molecular formula is C22H22ClN3OS. The van der Waals surface area contributed by atoms with Gasteiger partial charge in [0.05, 0.1) is 17.2 Å². The standard InChI is InChI=1S/C22H22ClN3OS/c1-15(20-26-19(14-28-20)16-7-11-24-12-8-16)25-21(27)22(9-2-3-10-22)17-5-4-6-18(23)13-17/h4-8,11-15H,2-3,9-10H2,1H3,(H,25,27). The van der Waals surface area contributed by atoms with Crippen LogP contribution >= 0.6 is 22.9 Å². The van der Waals surface area contributed by atoms with Gasteiger partial charge in [-0.15, -0.1) is 11.3 Å². The normalized spacial score (nSPS) is 16.6. The van der Waals surface area contributed by atoms with Crippen molar-refractivity contribution in [2.45, 2.75) is 44.1 Å². The summed E-state index contributed by atoms with van der Waals surface area (Å²) < 4.78 is 0. The number of carbonyl (C=O) groups excluding carboxylic acids is 1. The number of benzene rings is 1. The number of amides is 1. The van der Waals surface area contributed by atoms with E-state index in [0.717, 1.165) is 47.5 Å². The predicted octanol–water partition coefficient (Wildman–Crippen LogP) is 5.55. The monoisotopic (exact) mass is 411 g/mol. The summed E-state index contributed by atoms with van der Waals surface area (Å²) in [5.41, 5.74) is 2.46. The Morgan fingerprint density at radius 3 is 2.68 bits per heavy atom. The quantitative estimate of drug-likeness (QED) is 0.599. The van der Waals surface area contributed by atoms with Gasteiger partial charge in [0.2, 0.25) is 5.91 Å². The summed E-state index contributed by atoms with van der Waals surface area (Å²) in [5.74, 6) is 0.0698.